The van der Waals surface area contributed by atoms with Crippen LogP contribution in [0.4, 0.5) is 9.59 Å². The number of unbranched alkanes of at least 4 members (excludes halogenated alkanes) is 1. The van der Waals surface area contributed by atoms with Crippen LogP contribution in [0.1, 0.15) is 86.5 Å². The molecule has 5 rings (SSSR count). The summed E-state index contributed by atoms with van der Waals surface area (Å²) in [5.74, 6) is 0.433. The summed E-state index contributed by atoms with van der Waals surface area (Å²) in [5, 5.41) is 11.4. The molecule has 14 heteroatoms. The number of urea groups is 1. The van der Waals surface area contributed by atoms with Gasteiger partial charge in [0.2, 0.25) is 6.41 Å². The highest BCUT2D eigenvalue weighted by atomic mass is 32.1. The molecule has 316 valence electrons. The van der Waals surface area contributed by atoms with Gasteiger partial charge in [-0.05, 0) is 40.0 Å². The Labute approximate surface area is 349 Å². The van der Waals surface area contributed by atoms with Gasteiger partial charge in [-0.1, -0.05) is 99.5 Å². The summed E-state index contributed by atoms with van der Waals surface area (Å²) in [7, 11) is 1.82. The molecule has 4 amide bonds. The lowest BCUT2D eigenvalue weighted by atomic mass is 10.2. The SMILES string of the molecule is CC.CC(CCN1CCOCC1)NC(=O)N(C)Cc1csc(C(C)C)n1.Cc1ccccc1.Cc1ccccc1.O=CNCCCCNC(=O)OCc1cncs1. The number of aromatic nitrogens is 2. The van der Waals surface area contributed by atoms with Gasteiger partial charge >= 0.3 is 12.1 Å². The Hall–Kier alpha value is -4.37. The second-order valence-electron chi connectivity index (χ2n) is 13.3. The summed E-state index contributed by atoms with van der Waals surface area (Å²) < 4.78 is 10.3. The van der Waals surface area contributed by atoms with Crippen molar-refractivity contribution < 1.29 is 23.9 Å². The van der Waals surface area contributed by atoms with E-state index < -0.39 is 6.09 Å². The zero-order valence-corrected chi connectivity index (χ0v) is 37.0. The molecule has 4 aromatic rings. The normalized spacial score (nSPS) is 12.3. The molecular formula is C43H67N7O5S2. The highest BCUT2D eigenvalue weighted by molar-refractivity contribution is 7.09. The molecule has 3 N–H and O–H groups in total. The van der Waals surface area contributed by atoms with Crippen LogP contribution in [0, 0.1) is 13.8 Å². The Morgan fingerprint density at radius 3 is 2.07 bits per heavy atom. The molecule has 3 heterocycles. The van der Waals surface area contributed by atoms with Crippen molar-refractivity contribution in [3.05, 3.63) is 104 Å². The molecule has 1 saturated heterocycles. The number of rotatable bonds is 15. The number of nitrogens with one attached hydrogen (secondary N) is 3. The average molecular weight is 826 g/mol. The number of benzene rings is 2. The molecule has 1 fully saturated rings. The lowest BCUT2D eigenvalue weighted by molar-refractivity contribution is -0.109. The van der Waals surface area contributed by atoms with E-state index in [1.54, 1.807) is 27.9 Å². The quantitative estimate of drug-likeness (QED) is 0.0803. The van der Waals surface area contributed by atoms with E-state index in [0.717, 1.165) is 67.7 Å². The third kappa shape index (κ3) is 26.2. The number of carbonyl (C=O) groups is 3. The van der Waals surface area contributed by atoms with Gasteiger partial charge in [-0.2, -0.15) is 0 Å². The van der Waals surface area contributed by atoms with Gasteiger partial charge in [0.05, 0.1) is 40.8 Å². The van der Waals surface area contributed by atoms with Crippen molar-refractivity contribution in [1.29, 1.82) is 0 Å². The van der Waals surface area contributed by atoms with Crippen molar-refractivity contribution in [1.82, 2.24) is 35.7 Å². The molecule has 12 nitrogen and oxygen atoms in total. The number of morpholine rings is 1. The monoisotopic (exact) mass is 825 g/mol. The zero-order valence-electron chi connectivity index (χ0n) is 35.4. The topological polar surface area (TPSA) is 138 Å². The molecule has 0 radical (unpaired) electrons. The fraction of sp³-hybridized carbons (Fsp3) is 0.512. The van der Waals surface area contributed by atoms with E-state index in [-0.39, 0.29) is 18.7 Å². The number of carbonyl (C=O) groups excluding carboxylic acids is 3. The van der Waals surface area contributed by atoms with Crippen molar-refractivity contribution in [2.45, 2.75) is 92.8 Å². The van der Waals surface area contributed by atoms with Crippen LogP contribution in [-0.2, 0) is 27.4 Å². The van der Waals surface area contributed by atoms with Crippen molar-refractivity contribution >= 4 is 41.2 Å². The summed E-state index contributed by atoms with van der Waals surface area (Å²) in [4.78, 5) is 46.9. The number of hydrogen-bond donors (Lipinski definition) is 3. The van der Waals surface area contributed by atoms with Gasteiger partial charge in [0.15, 0.2) is 0 Å². The Bertz CT molecular complexity index is 1520. The number of nitrogens with zero attached hydrogens (tertiary/aromatic N) is 4. The van der Waals surface area contributed by atoms with Crippen molar-refractivity contribution in [3.8, 4) is 0 Å². The van der Waals surface area contributed by atoms with Crippen LogP contribution < -0.4 is 16.0 Å². The molecule has 2 aromatic heterocycles. The van der Waals surface area contributed by atoms with Crippen LogP contribution in [-0.4, -0.2) is 97.3 Å². The first kappa shape index (κ1) is 50.6. The van der Waals surface area contributed by atoms with Crippen LogP contribution in [0.25, 0.3) is 0 Å². The Kier molecular flexibility index (Phi) is 29.0. The summed E-state index contributed by atoms with van der Waals surface area (Å²) in [6.07, 6.45) is 4.49. The van der Waals surface area contributed by atoms with Gasteiger partial charge in [-0.25, -0.2) is 14.6 Å². The number of hydrogen-bond acceptors (Lipinski definition) is 10. The standard InChI is InChI=1S/C17H30N4O2S.C10H15N3O3S.2C7H8.C2H6/c1-13(2)16-19-15(12-24-16)11-20(4)17(22)18-14(3)5-6-21-7-9-23-10-8-21;14-7-11-3-1-2-4-13-10(15)16-6-9-5-12-8-17-9;2*1-7-5-3-2-4-6-7;1-2/h12-14H,5-11H2,1-4H3,(H,18,22);5,7-8H,1-4,6H2,(H,11,14)(H,13,15);2*2-6H,1H3;1-2H3. The van der Waals surface area contributed by atoms with E-state index in [1.807, 2.05) is 62.7 Å². The van der Waals surface area contributed by atoms with Crippen molar-refractivity contribution in [2.24, 2.45) is 0 Å². The van der Waals surface area contributed by atoms with Crippen LogP contribution in [0.15, 0.2) is 77.8 Å². The summed E-state index contributed by atoms with van der Waals surface area (Å²) in [5.41, 5.74) is 5.30. The van der Waals surface area contributed by atoms with Crippen LogP contribution in [0.3, 0.4) is 0 Å². The fourth-order valence-electron chi connectivity index (χ4n) is 4.74. The minimum Gasteiger partial charge on any atom is -0.444 e. The molecule has 0 bridgehead atoms. The highest BCUT2D eigenvalue weighted by Crippen LogP contribution is 2.19. The van der Waals surface area contributed by atoms with Crippen LogP contribution in [0.5, 0.6) is 0 Å². The van der Waals surface area contributed by atoms with Crippen molar-refractivity contribution in [2.75, 3.05) is 53.0 Å². The number of alkyl carbamates (subject to hydrolysis) is 1. The van der Waals surface area contributed by atoms with E-state index in [9.17, 15) is 14.4 Å². The Balaban J connectivity index is 0.000000422. The van der Waals surface area contributed by atoms with Gasteiger partial charge in [0.1, 0.15) is 6.61 Å². The highest BCUT2D eigenvalue weighted by Gasteiger charge is 2.16. The zero-order chi connectivity index (χ0) is 42.1. The number of thiazole rings is 2. The first-order chi connectivity index (χ1) is 27.6. The molecule has 1 unspecified atom stereocenters. The third-order valence-electron chi connectivity index (χ3n) is 7.97. The molecule has 1 atom stereocenters. The molecule has 1 aliphatic heterocycles. The maximum absolute atomic E-state index is 12.3. The molecule has 0 spiro atoms. The van der Waals surface area contributed by atoms with E-state index in [1.165, 1.54) is 22.5 Å². The van der Waals surface area contributed by atoms with Crippen LogP contribution >= 0.6 is 22.7 Å². The van der Waals surface area contributed by atoms with Gasteiger partial charge < -0.3 is 30.3 Å². The van der Waals surface area contributed by atoms with E-state index in [4.69, 9.17) is 9.47 Å². The maximum atomic E-state index is 12.3. The molecule has 57 heavy (non-hydrogen) atoms. The maximum Gasteiger partial charge on any atom is 0.407 e. The van der Waals surface area contributed by atoms with E-state index in [0.29, 0.717) is 32.0 Å². The summed E-state index contributed by atoms with van der Waals surface area (Å²) in [6.45, 7) is 21.1. The molecule has 0 aliphatic carbocycles. The van der Waals surface area contributed by atoms with E-state index in [2.05, 4.69) is 89.7 Å². The molecule has 1 aliphatic rings. The minimum atomic E-state index is -0.429. The molecular weight excluding hydrogens is 759 g/mol. The summed E-state index contributed by atoms with van der Waals surface area (Å²) in [6, 6.07) is 20.6. The number of ether oxygens (including phenoxy) is 2. The van der Waals surface area contributed by atoms with Gasteiger partial charge in [0, 0.05) is 63.3 Å². The number of amides is 4. The second-order valence-corrected chi connectivity index (χ2v) is 15.2. The second kappa shape index (κ2) is 32.7. The first-order valence-corrected chi connectivity index (χ1v) is 21.6. The minimum absolute atomic E-state index is 0.0384. The lowest BCUT2D eigenvalue weighted by Gasteiger charge is -2.28. The fourth-order valence-corrected chi connectivity index (χ4v) is 6.07. The smallest absolute Gasteiger partial charge is 0.407 e. The lowest BCUT2D eigenvalue weighted by Crippen LogP contribution is -2.44. The average Bonchev–Trinajstić information content (AvgIpc) is 3.93. The van der Waals surface area contributed by atoms with E-state index >= 15 is 0 Å². The third-order valence-corrected chi connectivity index (χ3v) is 9.92. The largest absolute Gasteiger partial charge is 0.444 e. The van der Waals surface area contributed by atoms with Crippen molar-refractivity contribution in [3.63, 3.8) is 0 Å². The molecule has 0 saturated carbocycles. The first-order valence-electron chi connectivity index (χ1n) is 19.8. The predicted molar refractivity (Wildman–Crippen MR) is 235 cm³/mol. The predicted octanol–water partition coefficient (Wildman–Crippen LogP) is 8.43. The molecule has 2 aromatic carbocycles. The number of aryl methyl sites for hydroxylation is 2. The van der Waals surface area contributed by atoms with Crippen LogP contribution in [0.2, 0.25) is 0 Å². The Morgan fingerprint density at radius 1 is 0.947 bits per heavy atom. The van der Waals surface area contributed by atoms with Gasteiger partial charge in [-0.15, -0.1) is 22.7 Å². The van der Waals surface area contributed by atoms with Gasteiger partial charge in [-0.3, -0.25) is 14.7 Å². The summed E-state index contributed by atoms with van der Waals surface area (Å²) >= 11 is 3.11. The van der Waals surface area contributed by atoms with Gasteiger partial charge in [0.25, 0.3) is 0 Å². The Morgan fingerprint density at radius 2 is 1.56 bits per heavy atom.